The van der Waals surface area contributed by atoms with Crippen LogP contribution in [0.2, 0.25) is 0 Å². The zero-order valence-corrected chi connectivity index (χ0v) is 14.9. The Bertz CT molecular complexity index is 551. The van der Waals surface area contributed by atoms with Gasteiger partial charge in [0.25, 0.3) is 0 Å². The van der Waals surface area contributed by atoms with Crippen LogP contribution in [-0.2, 0) is 17.6 Å². The van der Waals surface area contributed by atoms with Gasteiger partial charge in [-0.3, -0.25) is 10.00 Å². The lowest BCUT2D eigenvalue weighted by molar-refractivity contribution is -0.0684. The van der Waals surface area contributed by atoms with E-state index in [4.69, 9.17) is 4.74 Å². The van der Waals surface area contributed by atoms with Gasteiger partial charge in [0.1, 0.15) is 0 Å². The molecule has 0 radical (unpaired) electrons. The molecule has 2 aliphatic rings. The largest absolute Gasteiger partial charge is 0.373 e. The number of aromatic nitrogens is 2. The Hall–Kier alpha value is -1.60. The van der Waals surface area contributed by atoms with E-state index in [0.717, 1.165) is 45.4 Å². The molecule has 2 N–H and O–H groups in total. The summed E-state index contributed by atoms with van der Waals surface area (Å²) in [5, 5.41) is 10.3. The van der Waals surface area contributed by atoms with Crippen LogP contribution in [0.5, 0.6) is 0 Å². The van der Waals surface area contributed by atoms with Crippen molar-refractivity contribution in [2.24, 2.45) is 0 Å². The highest BCUT2D eigenvalue weighted by Gasteiger charge is 2.24. The van der Waals surface area contributed by atoms with Gasteiger partial charge in [-0.05, 0) is 38.7 Å². The quantitative estimate of drug-likeness (QED) is 0.861. The number of hydrogen-bond donors (Lipinski definition) is 2. The van der Waals surface area contributed by atoms with Crippen LogP contribution in [0.4, 0.5) is 4.79 Å². The highest BCUT2D eigenvalue weighted by molar-refractivity contribution is 5.74. The van der Waals surface area contributed by atoms with Crippen LogP contribution in [-0.4, -0.2) is 77.5 Å². The van der Waals surface area contributed by atoms with Crippen molar-refractivity contribution in [3.63, 3.8) is 0 Å². The molecule has 1 aliphatic carbocycles. The highest BCUT2D eigenvalue weighted by Crippen LogP contribution is 2.19. The molecule has 7 heteroatoms. The van der Waals surface area contributed by atoms with Crippen LogP contribution < -0.4 is 5.32 Å². The number of H-pyrrole nitrogens is 1. The number of aromatic amines is 1. The molecule has 0 unspecified atom stereocenters. The number of rotatable bonds is 4. The van der Waals surface area contributed by atoms with E-state index in [0.29, 0.717) is 0 Å². The predicted molar refractivity (Wildman–Crippen MR) is 92.0 cm³/mol. The average Bonchev–Trinajstić information content (AvgIpc) is 2.99. The Kier molecular flexibility index (Phi) is 5.40. The number of carbonyl (C=O) groups excluding carboxylic acids is 1. The Morgan fingerprint density at radius 1 is 1.46 bits per heavy atom. The fourth-order valence-electron chi connectivity index (χ4n) is 3.68. The van der Waals surface area contributed by atoms with Gasteiger partial charge in [0.05, 0.1) is 18.4 Å². The van der Waals surface area contributed by atoms with Gasteiger partial charge in [0.2, 0.25) is 0 Å². The van der Waals surface area contributed by atoms with Crippen LogP contribution >= 0.6 is 0 Å². The number of urea groups is 1. The minimum atomic E-state index is 0.0151. The van der Waals surface area contributed by atoms with Crippen molar-refractivity contribution >= 4 is 6.03 Å². The number of carbonyl (C=O) groups is 1. The maximum absolute atomic E-state index is 12.4. The molecular weight excluding hydrogens is 306 g/mol. The Morgan fingerprint density at radius 3 is 2.96 bits per heavy atom. The molecule has 134 valence electrons. The number of nitrogens with zero attached hydrogens (tertiary/aromatic N) is 3. The summed E-state index contributed by atoms with van der Waals surface area (Å²) in [6.07, 6.45) is 5.18. The van der Waals surface area contributed by atoms with Crippen LogP contribution in [0.25, 0.3) is 0 Å². The minimum absolute atomic E-state index is 0.0151. The normalized spacial score (nSPS) is 27.5. The van der Waals surface area contributed by atoms with E-state index in [9.17, 15) is 4.79 Å². The summed E-state index contributed by atoms with van der Waals surface area (Å²) in [6.45, 7) is 7.70. The summed E-state index contributed by atoms with van der Waals surface area (Å²) in [5.74, 6) is 0. The lowest BCUT2D eigenvalue weighted by atomic mass is 9.94. The van der Waals surface area contributed by atoms with Crippen molar-refractivity contribution in [3.8, 4) is 0 Å². The van der Waals surface area contributed by atoms with Crippen molar-refractivity contribution in [1.29, 1.82) is 0 Å². The molecule has 7 nitrogen and oxygen atoms in total. The van der Waals surface area contributed by atoms with E-state index in [1.165, 1.54) is 11.3 Å². The maximum atomic E-state index is 12.4. The molecular formula is C17H29N5O2. The highest BCUT2D eigenvalue weighted by atomic mass is 16.5. The van der Waals surface area contributed by atoms with E-state index >= 15 is 0 Å². The summed E-state index contributed by atoms with van der Waals surface area (Å²) >= 11 is 0. The summed E-state index contributed by atoms with van der Waals surface area (Å²) in [6, 6.07) is 0.217. The number of ether oxygens (including phenoxy) is 1. The second-order valence-electron chi connectivity index (χ2n) is 7.20. The van der Waals surface area contributed by atoms with E-state index in [-0.39, 0.29) is 24.3 Å². The van der Waals surface area contributed by atoms with Gasteiger partial charge in [-0.25, -0.2) is 4.79 Å². The molecule has 2 heterocycles. The van der Waals surface area contributed by atoms with E-state index in [2.05, 4.69) is 34.3 Å². The third-order valence-corrected chi connectivity index (χ3v) is 4.94. The van der Waals surface area contributed by atoms with Crippen molar-refractivity contribution < 1.29 is 9.53 Å². The molecule has 0 aromatic carbocycles. The summed E-state index contributed by atoms with van der Waals surface area (Å²) in [7, 11) is 1.87. The fourth-order valence-corrected chi connectivity index (χ4v) is 3.68. The molecule has 1 aromatic heterocycles. The van der Waals surface area contributed by atoms with E-state index < -0.39 is 0 Å². The zero-order valence-electron chi connectivity index (χ0n) is 14.9. The molecule has 0 spiro atoms. The van der Waals surface area contributed by atoms with Gasteiger partial charge in [-0.15, -0.1) is 0 Å². The first-order valence-electron chi connectivity index (χ1n) is 8.92. The minimum Gasteiger partial charge on any atom is -0.373 e. The second kappa shape index (κ2) is 7.53. The number of likely N-dealkylation sites (N-methyl/N-ethyl adjacent to an activating group) is 1. The maximum Gasteiger partial charge on any atom is 0.317 e. The SMILES string of the molecule is C[C@@H]1CN(CCN(C)C(=O)N[C@@H]2CCc3[nH]ncc3C2)C[C@H](C)O1. The Labute approximate surface area is 143 Å². The summed E-state index contributed by atoms with van der Waals surface area (Å²) in [5.41, 5.74) is 2.44. The van der Waals surface area contributed by atoms with Crippen LogP contribution in [0.15, 0.2) is 6.20 Å². The smallest absolute Gasteiger partial charge is 0.317 e. The molecule has 0 bridgehead atoms. The van der Waals surface area contributed by atoms with Crippen LogP contribution in [0.1, 0.15) is 31.5 Å². The van der Waals surface area contributed by atoms with Gasteiger partial charge < -0.3 is 15.0 Å². The molecule has 1 aromatic rings. The zero-order chi connectivity index (χ0) is 17.1. The van der Waals surface area contributed by atoms with Crippen molar-refractivity contribution in [2.75, 3.05) is 33.2 Å². The second-order valence-corrected chi connectivity index (χ2v) is 7.20. The van der Waals surface area contributed by atoms with Crippen LogP contribution in [0, 0.1) is 0 Å². The molecule has 1 fully saturated rings. The summed E-state index contributed by atoms with van der Waals surface area (Å²) < 4.78 is 5.75. The third kappa shape index (κ3) is 4.27. The number of fused-ring (bicyclic) bond motifs is 1. The van der Waals surface area contributed by atoms with Crippen molar-refractivity contribution in [3.05, 3.63) is 17.5 Å². The number of morpholine rings is 1. The lowest BCUT2D eigenvalue weighted by Crippen LogP contribution is -2.50. The van der Waals surface area contributed by atoms with Gasteiger partial charge in [-0.2, -0.15) is 5.10 Å². The lowest BCUT2D eigenvalue weighted by Gasteiger charge is -2.36. The number of hydrogen-bond acceptors (Lipinski definition) is 4. The van der Waals surface area contributed by atoms with Gasteiger partial charge >= 0.3 is 6.03 Å². The molecule has 3 rings (SSSR count). The fraction of sp³-hybridized carbons (Fsp3) is 0.765. The summed E-state index contributed by atoms with van der Waals surface area (Å²) in [4.78, 5) is 16.6. The first-order chi connectivity index (χ1) is 11.5. The number of aryl methyl sites for hydroxylation is 1. The first-order valence-corrected chi connectivity index (χ1v) is 8.92. The number of amides is 2. The van der Waals surface area contributed by atoms with Crippen molar-refractivity contribution in [2.45, 2.75) is 51.4 Å². The molecule has 2 amide bonds. The number of nitrogens with one attached hydrogen (secondary N) is 2. The van der Waals surface area contributed by atoms with E-state index in [1.807, 2.05) is 13.2 Å². The van der Waals surface area contributed by atoms with Crippen LogP contribution in [0.3, 0.4) is 0 Å². The Morgan fingerprint density at radius 2 is 2.21 bits per heavy atom. The van der Waals surface area contributed by atoms with E-state index in [1.54, 1.807) is 4.90 Å². The standard InChI is InChI=1S/C17H29N5O2/c1-12-10-22(11-13(2)24-12)7-6-21(3)17(23)19-15-4-5-16-14(8-15)9-18-20-16/h9,12-13,15H,4-8,10-11H2,1-3H3,(H,18,20)(H,19,23)/t12-,13+,15-/m1/s1. The first kappa shape index (κ1) is 17.2. The van der Waals surface area contributed by atoms with Gasteiger partial charge in [-0.1, -0.05) is 0 Å². The molecule has 3 atom stereocenters. The third-order valence-electron chi connectivity index (χ3n) is 4.94. The molecule has 0 saturated carbocycles. The predicted octanol–water partition coefficient (Wildman–Crippen LogP) is 1.02. The molecule has 24 heavy (non-hydrogen) atoms. The van der Waals surface area contributed by atoms with Gasteiger partial charge in [0, 0.05) is 45.0 Å². The van der Waals surface area contributed by atoms with Crippen molar-refractivity contribution in [1.82, 2.24) is 25.3 Å². The van der Waals surface area contributed by atoms with Gasteiger partial charge in [0.15, 0.2) is 0 Å². The topological polar surface area (TPSA) is 73.5 Å². The average molecular weight is 335 g/mol. The molecule has 1 aliphatic heterocycles. The molecule has 1 saturated heterocycles. The monoisotopic (exact) mass is 335 g/mol. The Balaban J connectivity index is 1.42.